The molecule has 4 aromatic carbocycles. The Kier molecular flexibility index (Phi) is 7.72. The molecule has 0 aliphatic rings. The molecule has 184 valence electrons. The van der Waals surface area contributed by atoms with Gasteiger partial charge in [0.2, 0.25) is 0 Å². The Labute approximate surface area is 209 Å². The quantitative estimate of drug-likeness (QED) is 0.284. The molecular weight excluding hydrogens is 458 g/mol. The zero-order valence-electron chi connectivity index (χ0n) is 20.3. The van der Waals surface area contributed by atoms with Crippen LogP contribution in [0.2, 0.25) is 0 Å². The van der Waals surface area contributed by atoms with E-state index < -0.39 is 0 Å². The van der Waals surface area contributed by atoms with Gasteiger partial charge in [0.25, 0.3) is 5.91 Å². The topological polar surface area (TPSA) is 86.3 Å². The third-order valence-electron chi connectivity index (χ3n) is 5.59. The number of methoxy groups -OCH3 is 3. The lowest BCUT2D eigenvalue weighted by molar-refractivity contribution is 0.0516. The third-order valence-corrected chi connectivity index (χ3v) is 5.59. The van der Waals surface area contributed by atoms with Crippen molar-refractivity contribution in [3.63, 3.8) is 0 Å². The number of hydrogen-bond acceptors (Lipinski definition) is 6. The molecule has 0 aliphatic heterocycles. The Bertz CT molecular complexity index is 1350. The number of benzene rings is 4. The van der Waals surface area contributed by atoms with Crippen LogP contribution in [0.3, 0.4) is 0 Å². The number of ether oxygens (including phenoxy) is 4. The van der Waals surface area contributed by atoms with Crippen LogP contribution >= 0.6 is 0 Å². The molecule has 4 rings (SSSR count). The summed E-state index contributed by atoms with van der Waals surface area (Å²) in [4.78, 5) is 13.2. The van der Waals surface area contributed by atoms with Gasteiger partial charge in [-0.25, -0.2) is 0 Å². The number of nitrogens with one attached hydrogen (secondary N) is 1. The van der Waals surface area contributed by atoms with Crippen molar-refractivity contribution >= 4 is 11.6 Å². The number of phenols is 1. The van der Waals surface area contributed by atoms with Crippen molar-refractivity contribution in [2.45, 2.75) is 0 Å². The summed E-state index contributed by atoms with van der Waals surface area (Å²) in [5, 5.41) is 12.5. The van der Waals surface area contributed by atoms with Crippen LogP contribution in [0.25, 0.3) is 22.3 Å². The van der Waals surface area contributed by atoms with Crippen LogP contribution in [-0.2, 0) is 4.74 Å². The van der Waals surface area contributed by atoms with Crippen molar-refractivity contribution in [1.82, 2.24) is 0 Å². The average Bonchev–Trinajstić information content (AvgIpc) is 2.92. The molecule has 0 radical (unpaired) electrons. The van der Waals surface area contributed by atoms with E-state index in [0.717, 1.165) is 22.3 Å². The van der Waals surface area contributed by atoms with Crippen molar-refractivity contribution < 1.29 is 28.8 Å². The fourth-order valence-corrected chi connectivity index (χ4v) is 3.79. The maximum absolute atomic E-state index is 13.2. The van der Waals surface area contributed by atoms with Crippen molar-refractivity contribution in [3.8, 4) is 45.3 Å². The van der Waals surface area contributed by atoms with Crippen LogP contribution in [0.4, 0.5) is 5.69 Å². The Hall–Kier alpha value is -4.49. The van der Waals surface area contributed by atoms with Gasteiger partial charge in [-0.1, -0.05) is 24.3 Å². The Morgan fingerprint density at radius 1 is 0.778 bits per heavy atom. The average molecular weight is 486 g/mol. The highest BCUT2D eigenvalue weighted by molar-refractivity contribution is 6.05. The first kappa shape index (κ1) is 24.6. The van der Waals surface area contributed by atoms with E-state index in [0.29, 0.717) is 28.5 Å². The lowest BCUT2D eigenvalue weighted by atomic mass is 10.0. The second-order valence-corrected chi connectivity index (χ2v) is 7.91. The van der Waals surface area contributed by atoms with Crippen molar-refractivity contribution in [2.24, 2.45) is 0 Å². The van der Waals surface area contributed by atoms with Crippen LogP contribution in [-0.4, -0.2) is 39.1 Å². The van der Waals surface area contributed by atoms with E-state index >= 15 is 0 Å². The van der Waals surface area contributed by atoms with Gasteiger partial charge in [0.15, 0.2) is 6.79 Å². The molecule has 7 heteroatoms. The molecule has 0 aromatic heterocycles. The first-order chi connectivity index (χ1) is 17.5. The summed E-state index contributed by atoms with van der Waals surface area (Å²) in [5.74, 6) is 1.79. The lowest BCUT2D eigenvalue weighted by Crippen LogP contribution is -2.12. The molecule has 1 amide bonds. The lowest BCUT2D eigenvalue weighted by Gasteiger charge is -2.15. The normalized spacial score (nSPS) is 10.5. The molecule has 0 unspecified atom stereocenters. The van der Waals surface area contributed by atoms with Crippen LogP contribution in [0.15, 0.2) is 84.9 Å². The van der Waals surface area contributed by atoms with Crippen LogP contribution in [0, 0.1) is 0 Å². The predicted molar refractivity (Wildman–Crippen MR) is 139 cm³/mol. The largest absolute Gasteiger partial charge is 0.508 e. The molecule has 0 heterocycles. The second kappa shape index (κ2) is 11.3. The zero-order valence-corrected chi connectivity index (χ0v) is 20.3. The summed E-state index contributed by atoms with van der Waals surface area (Å²) < 4.78 is 21.7. The maximum Gasteiger partial charge on any atom is 0.255 e. The molecular formula is C29H27NO6. The number of amides is 1. The molecule has 0 saturated carbocycles. The second-order valence-electron chi connectivity index (χ2n) is 7.91. The molecule has 0 spiro atoms. The van der Waals surface area contributed by atoms with Crippen molar-refractivity contribution in [3.05, 3.63) is 90.5 Å². The molecule has 36 heavy (non-hydrogen) atoms. The molecule has 7 nitrogen and oxygen atoms in total. The summed E-state index contributed by atoms with van der Waals surface area (Å²) in [7, 11) is 4.74. The SMILES string of the molecule is COCOc1cc(NC(=O)c2ccc(OC)c(-c3cccc(OC)c3)c2)ccc1-c1ccc(O)cc1. The van der Waals surface area contributed by atoms with Gasteiger partial charge in [0.1, 0.15) is 23.0 Å². The van der Waals surface area contributed by atoms with Crippen molar-refractivity contribution in [2.75, 3.05) is 33.4 Å². The van der Waals surface area contributed by atoms with Crippen LogP contribution in [0.1, 0.15) is 10.4 Å². The maximum atomic E-state index is 13.2. The first-order valence-electron chi connectivity index (χ1n) is 11.2. The third kappa shape index (κ3) is 5.59. The summed E-state index contributed by atoms with van der Waals surface area (Å²) in [6.07, 6.45) is 0. The van der Waals surface area contributed by atoms with Gasteiger partial charge in [0, 0.05) is 35.6 Å². The molecule has 0 atom stereocenters. The summed E-state index contributed by atoms with van der Waals surface area (Å²) in [6, 6.07) is 25.0. The van der Waals surface area contributed by atoms with E-state index in [2.05, 4.69) is 5.32 Å². The van der Waals surface area contributed by atoms with E-state index in [1.54, 1.807) is 68.8 Å². The highest BCUT2D eigenvalue weighted by Crippen LogP contribution is 2.35. The van der Waals surface area contributed by atoms with Gasteiger partial charge in [-0.05, 0) is 65.7 Å². The fraction of sp³-hybridized carbons (Fsp3) is 0.138. The van der Waals surface area contributed by atoms with Crippen LogP contribution < -0.4 is 19.5 Å². The number of carbonyl (C=O) groups is 1. The number of anilines is 1. The number of aromatic hydroxyl groups is 1. The minimum absolute atomic E-state index is 0.0465. The minimum Gasteiger partial charge on any atom is -0.508 e. The van der Waals surface area contributed by atoms with Gasteiger partial charge in [-0.3, -0.25) is 4.79 Å². The molecule has 0 bridgehead atoms. The van der Waals surface area contributed by atoms with E-state index in [4.69, 9.17) is 18.9 Å². The number of rotatable bonds is 9. The first-order valence-corrected chi connectivity index (χ1v) is 11.2. The van der Waals surface area contributed by atoms with Crippen molar-refractivity contribution in [1.29, 1.82) is 0 Å². The monoisotopic (exact) mass is 485 g/mol. The standard InChI is InChI=1S/C29H27NO6/c1-33-18-36-28-17-22(10-13-25(28)19-7-11-23(31)12-8-19)30-29(32)21-9-14-27(35-3)26(16-21)20-5-4-6-24(15-20)34-2/h4-17,31H,18H2,1-3H3,(H,30,32). The highest BCUT2D eigenvalue weighted by Gasteiger charge is 2.15. The Morgan fingerprint density at radius 2 is 1.58 bits per heavy atom. The van der Waals surface area contributed by atoms with E-state index in [1.807, 2.05) is 30.3 Å². The summed E-state index contributed by atoms with van der Waals surface area (Å²) in [6.45, 7) is 0.0465. The van der Waals surface area contributed by atoms with Gasteiger partial charge >= 0.3 is 0 Å². The number of hydrogen-bond donors (Lipinski definition) is 2. The molecule has 4 aromatic rings. The fourth-order valence-electron chi connectivity index (χ4n) is 3.79. The smallest absolute Gasteiger partial charge is 0.255 e. The minimum atomic E-state index is -0.281. The van der Waals surface area contributed by atoms with E-state index in [9.17, 15) is 9.90 Å². The Morgan fingerprint density at radius 3 is 2.31 bits per heavy atom. The Balaban J connectivity index is 1.63. The molecule has 0 aliphatic carbocycles. The predicted octanol–water partition coefficient (Wildman–Crippen LogP) is 5.98. The van der Waals surface area contributed by atoms with E-state index in [-0.39, 0.29) is 18.4 Å². The van der Waals surface area contributed by atoms with Crippen LogP contribution in [0.5, 0.6) is 23.0 Å². The summed E-state index contributed by atoms with van der Waals surface area (Å²) >= 11 is 0. The van der Waals surface area contributed by atoms with Gasteiger partial charge in [-0.2, -0.15) is 0 Å². The number of carbonyl (C=O) groups excluding carboxylic acids is 1. The van der Waals surface area contributed by atoms with Gasteiger partial charge in [-0.15, -0.1) is 0 Å². The summed E-state index contributed by atoms with van der Waals surface area (Å²) in [5.41, 5.74) is 4.33. The van der Waals surface area contributed by atoms with Gasteiger partial charge < -0.3 is 29.4 Å². The molecule has 2 N–H and O–H groups in total. The molecule has 0 fully saturated rings. The zero-order chi connectivity index (χ0) is 25.5. The number of phenolic OH excluding ortho intramolecular Hbond substituents is 1. The van der Waals surface area contributed by atoms with E-state index in [1.165, 1.54) is 7.11 Å². The highest BCUT2D eigenvalue weighted by atomic mass is 16.7. The van der Waals surface area contributed by atoms with Gasteiger partial charge in [0.05, 0.1) is 14.2 Å². The molecule has 0 saturated heterocycles.